The van der Waals surface area contributed by atoms with Gasteiger partial charge in [0.25, 0.3) is 0 Å². The second-order valence-electron chi connectivity index (χ2n) is 6.85. The van der Waals surface area contributed by atoms with Gasteiger partial charge in [-0.05, 0) is 37.5 Å². The van der Waals surface area contributed by atoms with E-state index in [2.05, 4.69) is 39.7 Å². The number of rotatable bonds is 2. The summed E-state index contributed by atoms with van der Waals surface area (Å²) in [7, 11) is 4.13. The van der Waals surface area contributed by atoms with Crippen molar-refractivity contribution in [1.82, 2.24) is 0 Å². The maximum Gasteiger partial charge on any atom is 0.0722 e. The normalized spacial score (nSPS) is 46.4. The highest BCUT2D eigenvalue weighted by Gasteiger charge is 2.50. The molecule has 0 aliphatic heterocycles. The van der Waals surface area contributed by atoms with Crippen LogP contribution in [0.15, 0.2) is 12.2 Å². The lowest BCUT2D eigenvalue weighted by Crippen LogP contribution is -2.89. The molecule has 17 heavy (non-hydrogen) atoms. The van der Waals surface area contributed by atoms with Crippen LogP contribution in [0.5, 0.6) is 0 Å². The molecule has 0 unspecified atom stereocenters. The molecule has 2 N–H and O–H groups in total. The van der Waals surface area contributed by atoms with E-state index in [1.165, 1.54) is 37.7 Å². The van der Waals surface area contributed by atoms with Gasteiger partial charge < -0.3 is 5.32 Å². The monoisotopic (exact) mass is 235 g/mol. The van der Waals surface area contributed by atoms with Crippen LogP contribution in [0.4, 0.5) is 0 Å². The third kappa shape index (κ3) is 2.19. The van der Waals surface area contributed by atoms with Crippen LogP contribution in [0.3, 0.4) is 0 Å². The summed E-state index contributed by atoms with van der Waals surface area (Å²) in [6, 6.07) is 0.668. The van der Waals surface area contributed by atoms with E-state index in [-0.39, 0.29) is 0 Å². The Balaban J connectivity index is 2.28. The highest BCUT2D eigenvalue weighted by Crippen LogP contribution is 2.53. The van der Waals surface area contributed by atoms with Crippen molar-refractivity contribution in [3.8, 4) is 0 Å². The van der Waals surface area contributed by atoms with Crippen molar-refractivity contribution in [2.24, 2.45) is 23.2 Å². The Kier molecular flexibility index (Phi) is 3.68. The fourth-order valence-electron chi connectivity index (χ4n) is 4.81. The average Bonchev–Trinajstić information content (AvgIpc) is 2.26. The van der Waals surface area contributed by atoms with Gasteiger partial charge in [0.15, 0.2) is 0 Å². The molecule has 0 aromatic carbocycles. The number of nitrogens with two attached hydrogens (primary N) is 1. The maximum absolute atomic E-state index is 4.21. The minimum Gasteiger partial charge on any atom is -0.476 e. The summed E-state index contributed by atoms with van der Waals surface area (Å²) in [5.41, 5.74) is 1.94. The molecule has 1 nitrogen and oxygen atoms in total. The zero-order chi connectivity index (χ0) is 12.6. The fraction of sp³-hybridized carbons (Fsp3) is 0.812. The van der Waals surface area contributed by atoms with Crippen molar-refractivity contribution in [3.05, 3.63) is 19.2 Å². The van der Waals surface area contributed by atoms with Crippen LogP contribution in [0.2, 0.25) is 0 Å². The lowest BCUT2D eigenvalue weighted by Gasteiger charge is -2.54. The summed E-state index contributed by atoms with van der Waals surface area (Å²) in [6.45, 7) is 11.4. The van der Waals surface area contributed by atoms with Gasteiger partial charge in [-0.1, -0.05) is 38.8 Å². The Labute approximate surface area is 107 Å². The lowest BCUT2D eigenvalue weighted by molar-refractivity contribution is -0.656. The second-order valence-corrected chi connectivity index (χ2v) is 6.85. The van der Waals surface area contributed by atoms with Gasteiger partial charge in [0.2, 0.25) is 0 Å². The third-order valence-electron chi connectivity index (χ3n) is 5.64. The molecule has 2 saturated carbocycles. The standard InChI is InChI=1S/C16H29N/c1-11(2)13-8-10-16(4)9-6-7-12(3)14(16)15(13)17-5/h12-15H,1,5-10,17H2,2-4H3/t12-,13+,14-,15+,16-/m1/s1. The molecule has 2 aliphatic rings. The molecule has 0 aromatic heterocycles. The fourth-order valence-corrected chi connectivity index (χ4v) is 4.81. The first-order valence-corrected chi connectivity index (χ1v) is 7.27. The van der Waals surface area contributed by atoms with Crippen molar-refractivity contribution in [2.45, 2.75) is 58.9 Å². The summed E-state index contributed by atoms with van der Waals surface area (Å²) in [4.78, 5) is 0. The number of fused-ring (bicyclic) bond motifs is 1. The lowest BCUT2D eigenvalue weighted by atomic mass is 9.52. The van der Waals surface area contributed by atoms with Gasteiger partial charge in [0, 0.05) is 11.8 Å². The topological polar surface area (TPSA) is 16.6 Å². The zero-order valence-corrected chi connectivity index (χ0v) is 11.8. The van der Waals surface area contributed by atoms with Crippen LogP contribution in [-0.4, -0.2) is 6.04 Å². The highest BCUT2D eigenvalue weighted by molar-refractivity contribution is 5.08. The van der Waals surface area contributed by atoms with Crippen molar-refractivity contribution < 1.29 is 5.32 Å². The van der Waals surface area contributed by atoms with Gasteiger partial charge in [-0.15, -0.1) is 0 Å². The molecule has 2 aliphatic carbocycles. The SMILES string of the molecule is C=C(C)[C@@H]1CC[C@@]2(C)CCC[C@@H](C)[C@@H]2[C@H]1[NH2+][CH2-]. The van der Waals surface area contributed by atoms with Crippen LogP contribution in [0.1, 0.15) is 52.9 Å². The summed E-state index contributed by atoms with van der Waals surface area (Å²) >= 11 is 0. The molecule has 2 rings (SSSR count). The van der Waals surface area contributed by atoms with Gasteiger partial charge in [-0.25, -0.2) is 0 Å². The highest BCUT2D eigenvalue weighted by atomic mass is 14.9. The predicted molar refractivity (Wildman–Crippen MR) is 73.2 cm³/mol. The molecule has 1 heteroatoms. The van der Waals surface area contributed by atoms with Gasteiger partial charge in [-0.2, -0.15) is 7.05 Å². The molecule has 0 spiro atoms. The second kappa shape index (κ2) is 4.76. The van der Waals surface area contributed by atoms with Gasteiger partial charge >= 0.3 is 0 Å². The summed E-state index contributed by atoms with van der Waals surface area (Å²) in [5.74, 6) is 2.38. The minimum atomic E-state index is 0.572. The Bertz CT molecular complexity index is 296. The largest absolute Gasteiger partial charge is 0.476 e. The Morgan fingerprint density at radius 2 is 2.06 bits per heavy atom. The summed E-state index contributed by atoms with van der Waals surface area (Å²) in [6.07, 6.45) is 6.98. The molecule has 0 bridgehead atoms. The molecule has 2 fully saturated rings. The molecule has 0 saturated heterocycles. The molecule has 0 radical (unpaired) electrons. The van der Waals surface area contributed by atoms with E-state index in [0.717, 1.165) is 11.8 Å². The van der Waals surface area contributed by atoms with Gasteiger partial charge in [-0.3, -0.25) is 0 Å². The first kappa shape index (κ1) is 13.1. The Hall–Kier alpha value is -0.300. The van der Waals surface area contributed by atoms with Crippen LogP contribution < -0.4 is 5.32 Å². The van der Waals surface area contributed by atoms with E-state index in [0.29, 0.717) is 17.4 Å². The molecular weight excluding hydrogens is 206 g/mol. The minimum absolute atomic E-state index is 0.572. The smallest absolute Gasteiger partial charge is 0.0722 e. The molecule has 0 heterocycles. The van der Waals surface area contributed by atoms with Gasteiger partial charge in [0.05, 0.1) is 6.04 Å². The van der Waals surface area contributed by atoms with Gasteiger partial charge in [0.1, 0.15) is 0 Å². The van der Waals surface area contributed by atoms with E-state index in [1.54, 1.807) is 0 Å². The Morgan fingerprint density at radius 1 is 1.35 bits per heavy atom. The van der Waals surface area contributed by atoms with Crippen LogP contribution in [0, 0.1) is 30.2 Å². The molecule has 0 amide bonds. The van der Waals surface area contributed by atoms with Crippen LogP contribution >= 0.6 is 0 Å². The van der Waals surface area contributed by atoms with E-state index < -0.39 is 0 Å². The number of quaternary nitrogens is 1. The van der Waals surface area contributed by atoms with Crippen molar-refractivity contribution in [3.63, 3.8) is 0 Å². The van der Waals surface area contributed by atoms with E-state index >= 15 is 0 Å². The summed E-state index contributed by atoms with van der Waals surface area (Å²) < 4.78 is 0. The first-order chi connectivity index (χ1) is 7.99. The van der Waals surface area contributed by atoms with Crippen LogP contribution in [0.25, 0.3) is 0 Å². The molecule has 98 valence electrons. The number of hydrogen-bond donors (Lipinski definition) is 1. The van der Waals surface area contributed by atoms with E-state index in [9.17, 15) is 0 Å². The zero-order valence-electron chi connectivity index (χ0n) is 11.8. The molecule has 5 atom stereocenters. The van der Waals surface area contributed by atoms with Crippen molar-refractivity contribution in [2.75, 3.05) is 0 Å². The average molecular weight is 235 g/mol. The third-order valence-corrected chi connectivity index (χ3v) is 5.64. The first-order valence-electron chi connectivity index (χ1n) is 7.27. The quantitative estimate of drug-likeness (QED) is 0.559. The summed E-state index contributed by atoms with van der Waals surface area (Å²) in [5, 5.41) is 2.24. The predicted octanol–water partition coefficient (Wildman–Crippen LogP) is 3.14. The maximum atomic E-state index is 4.21. The Morgan fingerprint density at radius 3 is 2.65 bits per heavy atom. The van der Waals surface area contributed by atoms with Crippen LogP contribution in [-0.2, 0) is 0 Å². The van der Waals surface area contributed by atoms with E-state index in [1.807, 2.05) is 0 Å². The van der Waals surface area contributed by atoms with E-state index in [4.69, 9.17) is 0 Å². The molecular formula is C16H29N. The number of hydrogen-bond acceptors (Lipinski definition) is 0. The van der Waals surface area contributed by atoms with Crippen molar-refractivity contribution >= 4 is 0 Å². The molecule has 0 aromatic rings. The van der Waals surface area contributed by atoms with Crippen molar-refractivity contribution in [1.29, 1.82) is 0 Å².